The van der Waals surface area contributed by atoms with Crippen molar-refractivity contribution in [2.75, 3.05) is 19.0 Å². The van der Waals surface area contributed by atoms with E-state index in [1.165, 1.54) is 18.2 Å². The molecule has 112 valence electrons. The van der Waals surface area contributed by atoms with Crippen LogP contribution in [0.3, 0.4) is 0 Å². The van der Waals surface area contributed by atoms with Gasteiger partial charge in [-0.05, 0) is 31.4 Å². The summed E-state index contributed by atoms with van der Waals surface area (Å²) in [6.07, 6.45) is 2.80. The van der Waals surface area contributed by atoms with Crippen molar-refractivity contribution < 1.29 is 21.9 Å². The Labute approximate surface area is 117 Å². The van der Waals surface area contributed by atoms with Crippen LogP contribution >= 0.6 is 0 Å². The van der Waals surface area contributed by atoms with Crippen LogP contribution in [-0.2, 0) is 14.6 Å². The van der Waals surface area contributed by atoms with E-state index < -0.39 is 15.6 Å². The molecule has 1 aromatic rings. The first-order valence-electron chi connectivity index (χ1n) is 6.31. The molecular formula is C13H17F2NO3S. The van der Waals surface area contributed by atoms with Crippen molar-refractivity contribution >= 4 is 15.5 Å². The summed E-state index contributed by atoms with van der Waals surface area (Å²) in [6.45, 7) is 0.402. The molecule has 4 nitrogen and oxygen atoms in total. The maximum Gasteiger partial charge on any atom is 0.341 e. The first-order chi connectivity index (χ1) is 9.41. The lowest BCUT2D eigenvalue weighted by molar-refractivity contribution is -0.0601. The summed E-state index contributed by atoms with van der Waals surface area (Å²) in [5.74, 6) is -3.43. The quantitative estimate of drug-likeness (QED) is 0.878. The molecule has 1 fully saturated rings. The Morgan fingerprint density at radius 3 is 2.50 bits per heavy atom. The second-order valence-corrected chi connectivity index (χ2v) is 6.78. The number of ether oxygens (including phenoxy) is 1. The fourth-order valence-corrected chi connectivity index (χ4v) is 3.14. The maximum atomic E-state index is 12.7. The molecule has 0 unspecified atom stereocenters. The van der Waals surface area contributed by atoms with Gasteiger partial charge in [-0.3, -0.25) is 0 Å². The first kappa shape index (κ1) is 15.2. The second kappa shape index (κ2) is 5.65. The predicted octanol–water partition coefficient (Wildman–Crippen LogP) is 2.66. The van der Waals surface area contributed by atoms with Gasteiger partial charge in [0.05, 0.1) is 16.2 Å². The molecule has 0 radical (unpaired) electrons. The molecule has 1 aromatic carbocycles. The van der Waals surface area contributed by atoms with E-state index in [2.05, 4.69) is 5.32 Å². The second-order valence-electron chi connectivity index (χ2n) is 4.90. The third-order valence-electron chi connectivity index (χ3n) is 3.73. The van der Waals surface area contributed by atoms with Crippen LogP contribution in [0.4, 0.5) is 14.5 Å². The Kier molecular flexibility index (Phi) is 4.29. The van der Waals surface area contributed by atoms with Crippen molar-refractivity contribution in [1.82, 2.24) is 0 Å². The van der Waals surface area contributed by atoms with Crippen molar-refractivity contribution in [3.8, 4) is 0 Å². The maximum absolute atomic E-state index is 12.7. The molecule has 0 aliphatic heterocycles. The lowest BCUT2D eigenvalue weighted by Crippen LogP contribution is -2.45. The van der Waals surface area contributed by atoms with Gasteiger partial charge in [-0.2, -0.15) is 8.78 Å². The number of sulfone groups is 1. The van der Waals surface area contributed by atoms with E-state index in [0.717, 1.165) is 19.3 Å². The molecule has 1 N–H and O–H groups in total. The molecule has 0 aromatic heterocycles. The van der Waals surface area contributed by atoms with Gasteiger partial charge >= 0.3 is 5.76 Å². The van der Waals surface area contributed by atoms with Crippen LogP contribution in [0.1, 0.15) is 19.3 Å². The van der Waals surface area contributed by atoms with E-state index in [4.69, 9.17) is 4.74 Å². The van der Waals surface area contributed by atoms with Crippen LogP contribution in [0.5, 0.6) is 0 Å². The Balaban J connectivity index is 2.21. The minimum Gasteiger partial charge on any atom is -0.381 e. The van der Waals surface area contributed by atoms with Gasteiger partial charge < -0.3 is 10.1 Å². The molecular weight excluding hydrogens is 288 g/mol. The molecule has 0 spiro atoms. The fourth-order valence-electron chi connectivity index (χ4n) is 2.24. The molecule has 0 heterocycles. The number of para-hydroxylation sites is 1. The van der Waals surface area contributed by atoms with Crippen molar-refractivity contribution in [2.24, 2.45) is 0 Å². The van der Waals surface area contributed by atoms with Crippen LogP contribution in [0, 0.1) is 0 Å². The van der Waals surface area contributed by atoms with E-state index in [-0.39, 0.29) is 16.2 Å². The van der Waals surface area contributed by atoms with Crippen LogP contribution in [0.2, 0.25) is 0 Å². The molecule has 0 atom stereocenters. The summed E-state index contributed by atoms with van der Waals surface area (Å²) >= 11 is 0. The molecule has 0 bridgehead atoms. The van der Waals surface area contributed by atoms with Gasteiger partial charge in [0, 0.05) is 13.7 Å². The van der Waals surface area contributed by atoms with E-state index in [1.54, 1.807) is 13.2 Å². The minimum atomic E-state index is -4.61. The number of nitrogens with one attached hydrogen (secondary N) is 1. The summed E-state index contributed by atoms with van der Waals surface area (Å²) in [6, 6.07) is 5.70. The Bertz CT molecular complexity index is 565. The molecule has 1 saturated carbocycles. The fraction of sp³-hybridized carbons (Fsp3) is 0.538. The molecule has 7 heteroatoms. The number of hydrogen-bond acceptors (Lipinski definition) is 4. The van der Waals surface area contributed by atoms with Gasteiger partial charge in [-0.15, -0.1) is 0 Å². The van der Waals surface area contributed by atoms with E-state index >= 15 is 0 Å². The topological polar surface area (TPSA) is 55.4 Å². The number of halogens is 2. The summed E-state index contributed by atoms with van der Waals surface area (Å²) in [4.78, 5) is -0.374. The Morgan fingerprint density at radius 1 is 1.35 bits per heavy atom. The number of alkyl halides is 2. The smallest absolute Gasteiger partial charge is 0.341 e. The van der Waals surface area contributed by atoms with Crippen molar-refractivity contribution in [1.29, 1.82) is 0 Å². The number of methoxy groups -OCH3 is 1. The highest BCUT2D eigenvalue weighted by Gasteiger charge is 2.37. The first-order valence-corrected chi connectivity index (χ1v) is 7.86. The highest BCUT2D eigenvalue weighted by atomic mass is 32.2. The van der Waals surface area contributed by atoms with Crippen LogP contribution in [0.25, 0.3) is 0 Å². The lowest BCUT2D eigenvalue weighted by Gasteiger charge is -2.40. The van der Waals surface area contributed by atoms with Crippen LogP contribution in [0.15, 0.2) is 29.2 Å². The largest absolute Gasteiger partial charge is 0.381 e. The van der Waals surface area contributed by atoms with Crippen molar-refractivity contribution in [3.63, 3.8) is 0 Å². The van der Waals surface area contributed by atoms with Gasteiger partial charge in [0.2, 0.25) is 9.84 Å². The van der Waals surface area contributed by atoms with Gasteiger partial charge in [0.15, 0.2) is 0 Å². The zero-order chi connectivity index (χ0) is 14.8. The van der Waals surface area contributed by atoms with E-state index in [9.17, 15) is 17.2 Å². The van der Waals surface area contributed by atoms with Gasteiger partial charge in [-0.1, -0.05) is 12.1 Å². The van der Waals surface area contributed by atoms with E-state index in [1.807, 2.05) is 0 Å². The average Bonchev–Trinajstić information content (AvgIpc) is 2.38. The monoisotopic (exact) mass is 305 g/mol. The minimum absolute atomic E-state index is 0.191. The number of rotatable bonds is 6. The van der Waals surface area contributed by atoms with Gasteiger partial charge in [0.1, 0.15) is 0 Å². The number of benzene rings is 1. The normalized spacial score (nSPS) is 17.8. The summed E-state index contributed by atoms with van der Waals surface area (Å²) in [5.41, 5.74) is -0.127. The van der Waals surface area contributed by atoms with Crippen LogP contribution in [-0.4, -0.2) is 33.4 Å². The Hall–Kier alpha value is -1.21. The highest BCUT2D eigenvalue weighted by Crippen LogP contribution is 2.36. The highest BCUT2D eigenvalue weighted by molar-refractivity contribution is 7.91. The summed E-state index contributed by atoms with van der Waals surface area (Å²) < 4.78 is 53.9. The summed E-state index contributed by atoms with van der Waals surface area (Å²) in [5, 5.41) is 2.93. The standard InChI is InChI=1S/C13H17F2NO3S/c1-19-13(7-4-8-13)9-16-10-5-2-3-6-11(10)20(17,18)12(14)15/h2-3,5-6,12,16H,4,7-9H2,1H3. The predicted molar refractivity (Wildman–Crippen MR) is 71.7 cm³/mol. The van der Waals surface area contributed by atoms with Crippen LogP contribution < -0.4 is 5.32 Å². The number of anilines is 1. The molecule has 0 amide bonds. The molecule has 1 aliphatic rings. The molecule has 0 saturated heterocycles. The van der Waals surface area contributed by atoms with Gasteiger partial charge in [0.25, 0.3) is 0 Å². The Morgan fingerprint density at radius 2 is 2.00 bits per heavy atom. The lowest BCUT2D eigenvalue weighted by atomic mass is 9.80. The summed E-state index contributed by atoms with van der Waals surface area (Å²) in [7, 11) is -3.01. The third-order valence-corrected chi connectivity index (χ3v) is 5.17. The van der Waals surface area contributed by atoms with Crippen molar-refractivity contribution in [3.05, 3.63) is 24.3 Å². The molecule has 20 heavy (non-hydrogen) atoms. The average molecular weight is 305 g/mol. The van der Waals surface area contributed by atoms with E-state index in [0.29, 0.717) is 6.54 Å². The SMILES string of the molecule is COC1(CNc2ccccc2S(=O)(=O)C(F)F)CCC1. The number of hydrogen-bond donors (Lipinski definition) is 1. The molecule has 2 rings (SSSR count). The third kappa shape index (κ3) is 2.78. The van der Waals surface area contributed by atoms with Crippen molar-refractivity contribution in [2.45, 2.75) is 35.5 Å². The zero-order valence-corrected chi connectivity index (χ0v) is 11.9. The van der Waals surface area contributed by atoms with Gasteiger partial charge in [-0.25, -0.2) is 8.42 Å². The molecule has 1 aliphatic carbocycles. The zero-order valence-electron chi connectivity index (χ0n) is 11.1.